The first-order valence-corrected chi connectivity index (χ1v) is 4.33. The molecule has 0 saturated carbocycles. The van der Waals surface area contributed by atoms with Crippen LogP contribution in [0.1, 0.15) is 12.0 Å². The average molecular weight is 192 g/mol. The molecule has 1 aliphatic rings. The molecule has 14 heavy (non-hydrogen) atoms. The smallest absolute Gasteiger partial charge is 0.248 e. The van der Waals surface area contributed by atoms with Gasteiger partial charge in [0.15, 0.2) is 0 Å². The number of nitrogens with zero attached hydrogens (tertiary/aromatic N) is 2. The van der Waals surface area contributed by atoms with Crippen LogP contribution in [0.15, 0.2) is 29.4 Å². The standard InChI is InChI=1S/C10H9FN2O/c11-9-3-1-2-8(6-9)7-13-10(14)4-5-12-13/h1-3,5-6H,4,7H2. The average Bonchev–Trinajstić information content (AvgIpc) is 2.52. The van der Waals surface area contributed by atoms with Gasteiger partial charge in [0, 0.05) is 6.21 Å². The maximum atomic E-state index is 12.8. The molecule has 1 amide bonds. The third-order valence-electron chi connectivity index (χ3n) is 2.00. The molecule has 0 aromatic heterocycles. The lowest BCUT2D eigenvalue weighted by molar-refractivity contribution is -0.129. The summed E-state index contributed by atoms with van der Waals surface area (Å²) in [4.78, 5) is 11.2. The molecular weight excluding hydrogens is 183 g/mol. The lowest BCUT2D eigenvalue weighted by Crippen LogP contribution is -2.20. The van der Waals surface area contributed by atoms with Crippen molar-refractivity contribution < 1.29 is 9.18 Å². The second-order valence-electron chi connectivity index (χ2n) is 3.08. The van der Waals surface area contributed by atoms with Gasteiger partial charge in [-0.25, -0.2) is 9.40 Å². The Bertz CT molecular complexity index is 389. The van der Waals surface area contributed by atoms with Crippen molar-refractivity contribution in [2.45, 2.75) is 13.0 Å². The van der Waals surface area contributed by atoms with E-state index in [-0.39, 0.29) is 11.7 Å². The Kier molecular flexibility index (Phi) is 2.26. The Morgan fingerprint density at radius 3 is 3.00 bits per heavy atom. The normalized spacial score (nSPS) is 15.2. The van der Waals surface area contributed by atoms with Gasteiger partial charge in [-0.3, -0.25) is 4.79 Å². The topological polar surface area (TPSA) is 32.7 Å². The van der Waals surface area contributed by atoms with Gasteiger partial charge >= 0.3 is 0 Å². The van der Waals surface area contributed by atoms with Crippen LogP contribution in [0.2, 0.25) is 0 Å². The molecule has 0 aliphatic carbocycles. The van der Waals surface area contributed by atoms with Crippen LogP contribution in [-0.4, -0.2) is 17.1 Å². The lowest BCUT2D eigenvalue weighted by atomic mass is 10.2. The number of hydrogen-bond acceptors (Lipinski definition) is 2. The molecule has 0 N–H and O–H groups in total. The largest absolute Gasteiger partial charge is 0.273 e. The van der Waals surface area contributed by atoms with Crippen LogP contribution in [0.3, 0.4) is 0 Å². The van der Waals surface area contributed by atoms with Crippen LogP contribution in [0.25, 0.3) is 0 Å². The zero-order chi connectivity index (χ0) is 9.97. The quantitative estimate of drug-likeness (QED) is 0.699. The van der Waals surface area contributed by atoms with Crippen molar-refractivity contribution in [3.8, 4) is 0 Å². The van der Waals surface area contributed by atoms with Crippen molar-refractivity contribution in [3.63, 3.8) is 0 Å². The highest BCUT2D eigenvalue weighted by molar-refractivity contribution is 5.93. The van der Waals surface area contributed by atoms with Gasteiger partial charge in [0.1, 0.15) is 5.82 Å². The van der Waals surface area contributed by atoms with E-state index in [9.17, 15) is 9.18 Å². The summed E-state index contributed by atoms with van der Waals surface area (Å²) in [5, 5.41) is 5.22. The van der Waals surface area contributed by atoms with Gasteiger partial charge in [-0.1, -0.05) is 12.1 Å². The molecule has 4 heteroatoms. The predicted molar refractivity (Wildman–Crippen MR) is 50.1 cm³/mol. The van der Waals surface area contributed by atoms with E-state index in [1.54, 1.807) is 18.3 Å². The van der Waals surface area contributed by atoms with Crippen LogP contribution in [0.4, 0.5) is 4.39 Å². The molecule has 0 unspecified atom stereocenters. The van der Waals surface area contributed by atoms with Gasteiger partial charge in [0.25, 0.3) is 0 Å². The van der Waals surface area contributed by atoms with Gasteiger partial charge < -0.3 is 0 Å². The molecule has 1 heterocycles. The minimum atomic E-state index is -0.293. The Balaban J connectivity index is 2.10. The minimum absolute atomic E-state index is 0.0470. The number of hydrogen-bond donors (Lipinski definition) is 0. The van der Waals surface area contributed by atoms with Gasteiger partial charge in [-0.05, 0) is 17.7 Å². The lowest BCUT2D eigenvalue weighted by Gasteiger charge is -2.11. The van der Waals surface area contributed by atoms with E-state index in [4.69, 9.17) is 0 Å². The van der Waals surface area contributed by atoms with E-state index in [2.05, 4.69) is 5.10 Å². The van der Waals surface area contributed by atoms with Crippen molar-refractivity contribution in [2.24, 2.45) is 5.10 Å². The molecule has 0 spiro atoms. The fourth-order valence-corrected chi connectivity index (χ4v) is 1.32. The Labute approximate surface area is 80.8 Å². The number of hydrazone groups is 1. The van der Waals surface area contributed by atoms with Crippen molar-refractivity contribution in [1.29, 1.82) is 0 Å². The van der Waals surface area contributed by atoms with E-state index in [0.29, 0.717) is 13.0 Å². The highest BCUT2D eigenvalue weighted by Gasteiger charge is 2.16. The number of amides is 1. The van der Waals surface area contributed by atoms with E-state index in [0.717, 1.165) is 5.56 Å². The molecule has 3 nitrogen and oxygen atoms in total. The summed E-state index contributed by atoms with van der Waals surface area (Å²) in [5.74, 6) is -0.340. The Morgan fingerprint density at radius 1 is 1.50 bits per heavy atom. The SMILES string of the molecule is O=C1CC=NN1Cc1cccc(F)c1. The summed E-state index contributed by atoms with van der Waals surface area (Å²) >= 11 is 0. The van der Waals surface area contributed by atoms with Gasteiger partial charge in [-0.2, -0.15) is 5.10 Å². The second kappa shape index (κ2) is 3.57. The van der Waals surface area contributed by atoms with Gasteiger partial charge in [0.05, 0.1) is 13.0 Å². The van der Waals surface area contributed by atoms with Crippen LogP contribution in [0.5, 0.6) is 0 Å². The number of rotatable bonds is 2. The van der Waals surface area contributed by atoms with Crippen LogP contribution in [-0.2, 0) is 11.3 Å². The molecule has 2 rings (SSSR count). The molecule has 72 valence electrons. The molecule has 0 fully saturated rings. The van der Waals surface area contributed by atoms with Crippen molar-refractivity contribution in [3.05, 3.63) is 35.6 Å². The van der Waals surface area contributed by atoms with Gasteiger partial charge in [0.2, 0.25) is 5.91 Å². The summed E-state index contributed by atoms with van der Waals surface area (Å²) < 4.78 is 12.8. The van der Waals surface area contributed by atoms with Crippen molar-refractivity contribution in [1.82, 2.24) is 5.01 Å². The first-order chi connectivity index (χ1) is 6.75. The number of halogens is 1. The second-order valence-corrected chi connectivity index (χ2v) is 3.08. The molecule has 0 bridgehead atoms. The third kappa shape index (κ3) is 1.79. The maximum Gasteiger partial charge on any atom is 0.248 e. The summed E-state index contributed by atoms with van der Waals surface area (Å²) in [7, 11) is 0. The fourth-order valence-electron chi connectivity index (χ4n) is 1.32. The van der Waals surface area contributed by atoms with Crippen LogP contribution >= 0.6 is 0 Å². The monoisotopic (exact) mass is 192 g/mol. The Hall–Kier alpha value is -1.71. The molecule has 1 aromatic rings. The molecule has 0 atom stereocenters. The number of carbonyl (C=O) groups is 1. The van der Waals surface area contributed by atoms with E-state index < -0.39 is 0 Å². The molecule has 1 aliphatic heterocycles. The summed E-state index contributed by atoms with van der Waals surface area (Å²) in [6.45, 7) is 0.340. The summed E-state index contributed by atoms with van der Waals surface area (Å²) in [6.07, 6.45) is 1.90. The highest BCUT2D eigenvalue weighted by atomic mass is 19.1. The van der Waals surface area contributed by atoms with E-state index in [1.165, 1.54) is 17.1 Å². The zero-order valence-corrected chi connectivity index (χ0v) is 7.48. The van der Waals surface area contributed by atoms with Crippen molar-refractivity contribution >= 4 is 12.1 Å². The van der Waals surface area contributed by atoms with E-state index in [1.807, 2.05) is 0 Å². The number of carbonyl (C=O) groups excluding carboxylic acids is 1. The van der Waals surface area contributed by atoms with E-state index >= 15 is 0 Å². The van der Waals surface area contributed by atoms with Crippen LogP contribution in [0, 0.1) is 5.82 Å². The minimum Gasteiger partial charge on any atom is -0.273 e. The highest BCUT2D eigenvalue weighted by Crippen LogP contribution is 2.10. The molecule has 1 aromatic carbocycles. The first kappa shape index (κ1) is 8.87. The number of benzene rings is 1. The third-order valence-corrected chi connectivity index (χ3v) is 2.00. The first-order valence-electron chi connectivity index (χ1n) is 4.33. The zero-order valence-electron chi connectivity index (χ0n) is 7.48. The molecular formula is C10H9FN2O. The summed E-state index contributed by atoms with van der Waals surface area (Å²) in [6, 6.07) is 6.17. The maximum absolute atomic E-state index is 12.8. The Morgan fingerprint density at radius 2 is 2.36 bits per heavy atom. The summed E-state index contributed by atoms with van der Waals surface area (Å²) in [5.41, 5.74) is 0.748. The van der Waals surface area contributed by atoms with Crippen molar-refractivity contribution in [2.75, 3.05) is 0 Å². The molecule has 0 radical (unpaired) electrons. The van der Waals surface area contributed by atoms with Crippen LogP contribution < -0.4 is 0 Å². The predicted octanol–water partition coefficient (Wildman–Crippen LogP) is 1.54. The molecule has 0 saturated heterocycles. The fraction of sp³-hybridized carbons (Fsp3) is 0.200. The van der Waals surface area contributed by atoms with Gasteiger partial charge in [-0.15, -0.1) is 0 Å².